The van der Waals surface area contributed by atoms with Crippen LogP contribution in [0, 0.1) is 3.57 Å². The molecule has 6 heteroatoms. The molecule has 2 aromatic rings. The van der Waals surface area contributed by atoms with Gasteiger partial charge in [0.2, 0.25) is 0 Å². The van der Waals surface area contributed by atoms with Gasteiger partial charge in [-0.3, -0.25) is 4.72 Å². The third-order valence-electron chi connectivity index (χ3n) is 2.93. The van der Waals surface area contributed by atoms with Crippen LogP contribution >= 0.6 is 22.6 Å². The van der Waals surface area contributed by atoms with Gasteiger partial charge in [0.05, 0.1) is 4.90 Å². The highest BCUT2D eigenvalue weighted by Crippen LogP contribution is 2.18. The number of nitrogens with one attached hydrogen (secondary N) is 1. The molecule has 0 aliphatic rings. The van der Waals surface area contributed by atoms with Gasteiger partial charge in [-0.05, 0) is 71.3 Å². The van der Waals surface area contributed by atoms with Crippen LogP contribution in [0.25, 0.3) is 0 Å². The summed E-state index contributed by atoms with van der Waals surface area (Å²) in [7, 11) is -3.57. The summed E-state index contributed by atoms with van der Waals surface area (Å²) in [5, 5.41) is 8.79. The minimum atomic E-state index is -3.57. The van der Waals surface area contributed by atoms with E-state index in [9.17, 15) is 8.42 Å². The number of aryl methyl sites for hydroxylation is 1. The van der Waals surface area contributed by atoms with Crippen LogP contribution in [0.5, 0.6) is 0 Å². The summed E-state index contributed by atoms with van der Waals surface area (Å²) < 4.78 is 28.1. The average Bonchev–Trinajstić information content (AvgIpc) is 2.45. The molecule has 0 spiro atoms. The lowest BCUT2D eigenvalue weighted by molar-refractivity contribution is 0.288. The highest BCUT2D eigenvalue weighted by atomic mass is 127. The standard InChI is InChI=1S/C15H16INO3S/c16-13-4-1-5-14(11-13)17-21(19,20)15-8-6-12(7-9-15)3-2-10-18/h1,4-9,11,17-18H,2-3,10H2. The molecule has 0 aliphatic heterocycles. The van der Waals surface area contributed by atoms with Crippen molar-refractivity contribution >= 4 is 38.3 Å². The number of benzene rings is 2. The number of anilines is 1. The van der Waals surface area contributed by atoms with Crippen molar-refractivity contribution in [2.24, 2.45) is 0 Å². The molecule has 0 aliphatic carbocycles. The smallest absolute Gasteiger partial charge is 0.261 e. The van der Waals surface area contributed by atoms with Gasteiger partial charge in [0, 0.05) is 15.9 Å². The van der Waals surface area contributed by atoms with Gasteiger partial charge >= 0.3 is 0 Å². The zero-order valence-corrected chi connectivity index (χ0v) is 14.3. The summed E-state index contributed by atoms with van der Waals surface area (Å²) in [6, 6.07) is 13.9. The van der Waals surface area contributed by atoms with E-state index >= 15 is 0 Å². The van der Waals surface area contributed by atoms with Crippen LogP contribution in [-0.2, 0) is 16.4 Å². The van der Waals surface area contributed by atoms with Crippen LogP contribution in [0.1, 0.15) is 12.0 Å². The molecule has 112 valence electrons. The maximum absolute atomic E-state index is 12.3. The molecule has 0 unspecified atom stereocenters. The fourth-order valence-corrected chi connectivity index (χ4v) is 3.48. The molecule has 21 heavy (non-hydrogen) atoms. The van der Waals surface area contributed by atoms with Gasteiger partial charge in [0.25, 0.3) is 10.0 Å². The van der Waals surface area contributed by atoms with Gasteiger partial charge in [-0.2, -0.15) is 0 Å². The molecule has 0 radical (unpaired) electrons. The largest absolute Gasteiger partial charge is 0.396 e. The summed E-state index contributed by atoms with van der Waals surface area (Å²) in [6.45, 7) is 0.133. The quantitative estimate of drug-likeness (QED) is 0.711. The molecule has 0 bridgehead atoms. The van der Waals surface area contributed by atoms with Crippen molar-refractivity contribution in [1.82, 2.24) is 0 Å². The van der Waals surface area contributed by atoms with E-state index < -0.39 is 10.0 Å². The third kappa shape index (κ3) is 4.69. The Balaban J connectivity index is 2.15. The number of sulfonamides is 1. The lowest BCUT2D eigenvalue weighted by Crippen LogP contribution is -2.13. The molecular weight excluding hydrogens is 401 g/mol. The monoisotopic (exact) mass is 417 g/mol. The van der Waals surface area contributed by atoms with Crippen molar-refractivity contribution in [2.45, 2.75) is 17.7 Å². The molecule has 0 heterocycles. The average molecular weight is 417 g/mol. The van der Waals surface area contributed by atoms with Crippen molar-refractivity contribution in [3.63, 3.8) is 0 Å². The summed E-state index contributed by atoms with van der Waals surface area (Å²) in [5.41, 5.74) is 1.56. The normalized spacial score (nSPS) is 11.3. The number of hydrogen-bond donors (Lipinski definition) is 2. The van der Waals surface area contributed by atoms with Crippen LogP contribution in [0.3, 0.4) is 0 Å². The van der Waals surface area contributed by atoms with Gasteiger partial charge in [-0.25, -0.2) is 8.42 Å². The lowest BCUT2D eigenvalue weighted by atomic mass is 10.1. The van der Waals surface area contributed by atoms with Gasteiger partial charge in [-0.1, -0.05) is 18.2 Å². The first-order valence-electron chi connectivity index (χ1n) is 6.49. The van der Waals surface area contributed by atoms with Crippen LogP contribution in [0.15, 0.2) is 53.4 Å². The second kappa shape index (κ2) is 7.24. The van der Waals surface area contributed by atoms with Crippen LogP contribution in [0.4, 0.5) is 5.69 Å². The highest BCUT2D eigenvalue weighted by Gasteiger charge is 2.14. The SMILES string of the molecule is O=S(=O)(Nc1cccc(I)c1)c1ccc(CCCO)cc1. The minimum Gasteiger partial charge on any atom is -0.396 e. The second-order valence-corrected chi connectivity index (χ2v) is 7.51. The summed E-state index contributed by atoms with van der Waals surface area (Å²) in [5.74, 6) is 0. The van der Waals surface area contributed by atoms with E-state index in [-0.39, 0.29) is 11.5 Å². The molecule has 0 atom stereocenters. The summed E-state index contributed by atoms with van der Waals surface area (Å²) >= 11 is 2.13. The maximum Gasteiger partial charge on any atom is 0.261 e. The molecule has 0 amide bonds. The Hall–Kier alpha value is -1.12. The van der Waals surface area contributed by atoms with Gasteiger partial charge < -0.3 is 5.11 Å². The van der Waals surface area contributed by atoms with Crippen molar-refractivity contribution in [3.05, 3.63) is 57.7 Å². The van der Waals surface area contributed by atoms with E-state index in [2.05, 4.69) is 27.3 Å². The van der Waals surface area contributed by atoms with Crippen molar-refractivity contribution < 1.29 is 13.5 Å². The van der Waals surface area contributed by atoms with E-state index in [1.54, 1.807) is 42.5 Å². The van der Waals surface area contributed by atoms with Crippen LogP contribution in [-0.4, -0.2) is 20.1 Å². The molecule has 2 rings (SSSR count). The van der Waals surface area contributed by atoms with E-state index in [1.807, 2.05) is 6.07 Å². The van der Waals surface area contributed by atoms with E-state index in [0.29, 0.717) is 12.1 Å². The minimum absolute atomic E-state index is 0.133. The molecule has 0 saturated heterocycles. The zero-order chi connectivity index (χ0) is 15.3. The van der Waals surface area contributed by atoms with E-state index in [4.69, 9.17) is 5.11 Å². The number of halogens is 1. The van der Waals surface area contributed by atoms with Crippen molar-refractivity contribution in [1.29, 1.82) is 0 Å². The Morgan fingerprint density at radius 3 is 2.43 bits per heavy atom. The van der Waals surface area contributed by atoms with E-state index in [0.717, 1.165) is 15.6 Å². The Kier molecular flexibility index (Phi) is 5.60. The van der Waals surface area contributed by atoms with Gasteiger partial charge in [0.1, 0.15) is 0 Å². The predicted molar refractivity (Wildman–Crippen MR) is 91.8 cm³/mol. The van der Waals surface area contributed by atoms with Gasteiger partial charge in [0.15, 0.2) is 0 Å². The summed E-state index contributed by atoms with van der Waals surface area (Å²) in [4.78, 5) is 0.231. The topological polar surface area (TPSA) is 66.4 Å². The highest BCUT2D eigenvalue weighted by molar-refractivity contribution is 14.1. The zero-order valence-electron chi connectivity index (χ0n) is 11.3. The van der Waals surface area contributed by atoms with Crippen molar-refractivity contribution in [3.8, 4) is 0 Å². The molecule has 4 nitrogen and oxygen atoms in total. The molecule has 0 fully saturated rings. The van der Waals surface area contributed by atoms with Crippen molar-refractivity contribution in [2.75, 3.05) is 11.3 Å². The van der Waals surface area contributed by atoms with Crippen LogP contribution < -0.4 is 4.72 Å². The number of hydrogen-bond acceptors (Lipinski definition) is 3. The fraction of sp³-hybridized carbons (Fsp3) is 0.200. The molecule has 0 aromatic heterocycles. The number of aliphatic hydroxyl groups is 1. The maximum atomic E-state index is 12.3. The Morgan fingerprint density at radius 1 is 1.10 bits per heavy atom. The Bertz CT molecular complexity index is 699. The lowest BCUT2D eigenvalue weighted by Gasteiger charge is -2.09. The van der Waals surface area contributed by atoms with Gasteiger partial charge in [-0.15, -0.1) is 0 Å². The second-order valence-electron chi connectivity index (χ2n) is 4.59. The van der Waals surface area contributed by atoms with Crippen LogP contribution in [0.2, 0.25) is 0 Å². The fourth-order valence-electron chi connectivity index (χ4n) is 1.88. The molecule has 2 aromatic carbocycles. The first-order chi connectivity index (χ1) is 10.0. The predicted octanol–water partition coefficient (Wildman–Crippen LogP) is 3.02. The molecular formula is C15H16INO3S. The Labute approximate surface area is 138 Å². The third-order valence-corrected chi connectivity index (χ3v) is 5.00. The number of aliphatic hydroxyl groups excluding tert-OH is 1. The van der Waals surface area contributed by atoms with E-state index in [1.165, 1.54) is 0 Å². The summed E-state index contributed by atoms with van der Waals surface area (Å²) in [6.07, 6.45) is 1.41. The molecule has 2 N–H and O–H groups in total. The molecule has 0 saturated carbocycles. The first-order valence-corrected chi connectivity index (χ1v) is 9.05. The first kappa shape index (κ1) is 16.3. The Morgan fingerprint density at radius 2 is 1.81 bits per heavy atom. The number of rotatable bonds is 6.